The Balaban J connectivity index is 1.44. The third kappa shape index (κ3) is 4.44. The molecular weight excluding hydrogens is 336 g/mol. The van der Waals surface area contributed by atoms with Crippen LogP contribution in [-0.2, 0) is 0 Å². The number of fused-ring (bicyclic) bond motifs is 1. The van der Waals surface area contributed by atoms with Crippen LogP contribution < -0.4 is 30.3 Å². The van der Waals surface area contributed by atoms with Gasteiger partial charge in [-0.2, -0.15) is 0 Å². The molecule has 1 aliphatic heterocycles. The molecule has 0 radical (unpaired) electrons. The SMILES string of the molecule is Cc1nc(NCCNC(=O)Nc2ccc3c(c2)OCO3)cc(N(C)C)n1. The second-order valence-electron chi connectivity index (χ2n) is 5.93. The first kappa shape index (κ1) is 17.6. The van der Waals surface area contributed by atoms with Gasteiger partial charge in [-0.25, -0.2) is 14.8 Å². The van der Waals surface area contributed by atoms with Crippen LogP contribution in [0.1, 0.15) is 5.82 Å². The van der Waals surface area contributed by atoms with Crippen LogP contribution in [0.4, 0.5) is 22.1 Å². The van der Waals surface area contributed by atoms with E-state index in [0.717, 1.165) is 11.6 Å². The average molecular weight is 358 g/mol. The standard InChI is InChI=1S/C17H22N6O3/c1-11-20-15(9-16(21-11)23(2)3)18-6-7-19-17(24)22-12-4-5-13-14(8-12)26-10-25-13/h4-5,8-9H,6-7,10H2,1-3H3,(H,18,20,21)(H2,19,22,24). The lowest BCUT2D eigenvalue weighted by molar-refractivity contribution is 0.174. The molecule has 2 aromatic rings. The minimum atomic E-state index is -0.293. The van der Waals surface area contributed by atoms with Gasteiger partial charge in [0, 0.05) is 45.0 Å². The summed E-state index contributed by atoms with van der Waals surface area (Å²) in [4.78, 5) is 22.5. The molecule has 2 heterocycles. The van der Waals surface area contributed by atoms with Crippen LogP contribution in [0.3, 0.4) is 0 Å². The number of benzene rings is 1. The van der Waals surface area contributed by atoms with E-state index in [4.69, 9.17) is 9.47 Å². The molecule has 1 aromatic carbocycles. The summed E-state index contributed by atoms with van der Waals surface area (Å²) in [7, 11) is 3.85. The van der Waals surface area contributed by atoms with Gasteiger partial charge in [-0.05, 0) is 19.1 Å². The van der Waals surface area contributed by atoms with Crippen LogP contribution in [0, 0.1) is 6.92 Å². The molecule has 3 N–H and O–H groups in total. The molecule has 1 aliphatic rings. The first-order chi connectivity index (χ1) is 12.5. The summed E-state index contributed by atoms with van der Waals surface area (Å²) < 4.78 is 10.5. The maximum atomic E-state index is 12.0. The third-order valence-corrected chi connectivity index (χ3v) is 3.63. The van der Waals surface area contributed by atoms with Gasteiger partial charge in [-0.3, -0.25) is 0 Å². The molecule has 0 fully saturated rings. The minimum Gasteiger partial charge on any atom is -0.454 e. The number of nitrogens with one attached hydrogen (secondary N) is 3. The van der Waals surface area contributed by atoms with E-state index in [1.165, 1.54) is 0 Å². The van der Waals surface area contributed by atoms with E-state index in [1.807, 2.05) is 32.0 Å². The molecule has 9 nitrogen and oxygen atoms in total. The van der Waals surface area contributed by atoms with Crippen LogP contribution in [0.15, 0.2) is 24.3 Å². The van der Waals surface area contributed by atoms with Crippen molar-refractivity contribution in [3.8, 4) is 11.5 Å². The lowest BCUT2D eigenvalue weighted by atomic mass is 10.3. The first-order valence-electron chi connectivity index (χ1n) is 8.22. The highest BCUT2D eigenvalue weighted by Gasteiger charge is 2.14. The normalized spacial score (nSPS) is 11.8. The molecule has 0 aliphatic carbocycles. The zero-order chi connectivity index (χ0) is 18.5. The van der Waals surface area contributed by atoms with Gasteiger partial charge in [-0.15, -0.1) is 0 Å². The zero-order valence-electron chi connectivity index (χ0n) is 15.0. The number of carbonyl (C=O) groups is 1. The number of ether oxygens (including phenoxy) is 2. The summed E-state index contributed by atoms with van der Waals surface area (Å²) in [5.74, 6) is 3.54. The van der Waals surface area contributed by atoms with E-state index >= 15 is 0 Å². The molecule has 0 unspecified atom stereocenters. The Labute approximate surface area is 151 Å². The molecule has 26 heavy (non-hydrogen) atoms. The Hall–Kier alpha value is -3.23. The minimum absolute atomic E-state index is 0.203. The van der Waals surface area contributed by atoms with E-state index in [-0.39, 0.29) is 12.8 Å². The van der Waals surface area contributed by atoms with Crippen molar-refractivity contribution in [3.63, 3.8) is 0 Å². The molecule has 0 bridgehead atoms. The third-order valence-electron chi connectivity index (χ3n) is 3.63. The molecule has 0 saturated heterocycles. The average Bonchev–Trinajstić information content (AvgIpc) is 3.06. The molecular formula is C17H22N6O3. The van der Waals surface area contributed by atoms with E-state index in [2.05, 4.69) is 25.9 Å². The number of carbonyl (C=O) groups excluding carboxylic acids is 1. The molecule has 0 spiro atoms. The highest BCUT2D eigenvalue weighted by Crippen LogP contribution is 2.34. The maximum Gasteiger partial charge on any atom is 0.319 e. The predicted molar refractivity (Wildman–Crippen MR) is 99.2 cm³/mol. The van der Waals surface area contributed by atoms with E-state index in [1.54, 1.807) is 18.2 Å². The highest BCUT2D eigenvalue weighted by atomic mass is 16.7. The Morgan fingerprint density at radius 3 is 2.77 bits per heavy atom. The van der Waals surface area contributed by atoms with Gasteiger partial charge in [0.1, 0.15) is 17.5 Å². The molecule has 9 heteroatoms. The van der Waals surface area contributed by atoms with Gasteiger partial charge < -0.3 is 30.3 Å². The molecule has 138 valence electrons. The Morgan fingerprint density at radius 2 is 1.96 bits per heavy atom. The van der Waals surface area contributed by atoms with E-state index in [9.17, 15) is 4.79 Å². The summed E-state index contributed by atoms with van der Waals surface area (Å²) in [5, 5.41) is 8.72. The van der Waals surface area contributed by atoms with E-state index < -0.39 is 0 Å². The Bertz CT molecular complexity index is 796. The monoisotopic (exact) mass is 358 g/mol. The van der Waals surface area contributed by atoms with Crippen molar-refractivity contribution in [1.29, 1.82) is 0 Å². The number of aromatic nitrogens is 2. The number of aryl methyl sites for hydroxylation is 1. The molecule has 1 aromatic heterocycles. The number of hydrogen-bond donors (Lipinski definition) is 3. The topological polar surface area (TPSA) is 101 Å². The fourth-order valence-electron chi connectivity index (χ4n) is 2.39. The van der Waals surface area contributed by atoms with Crippen molar-refractivity contribution in [2.45, 2.75) is 6.92 Å². The number of anilines is 3. The van der Waals surface area contributed by atoms with Crippen LogP contribution >= 0.6 is 0 Å². The quantitative estimate of drug-likeness (QED) is 0.677. The number of hydrogen-bond acceptors (Lipinski definition) is 7. The van der Waals surface area contributed by atoms with Gasteiger partial charge >= 0.3 is 6.03 Å². The van der Waals surface area contributed by atoms with Crippen LogP contribution in [0.5, 0.6) is 11.5 Å². The van der Waals surface area contributed by atoms with Gasteiger partial charge in [0.25, 0.3) is 0 Å². The van der Waals surface area contributed by atoms with Crippen molar-refractivity contribution < 1.29 is 14.3 Å². The second kappa shape index (κ2) is 7.77. The predicted octanol–water partition coefficient (Wildman–Crippen LogP) is 1.81. The van der Waals surface area contributed by atoms with Crippen molar-refractivity contribution in [2.75, 3.05) is 49.5 Å². The second-order valence-corrected chi connectivity index (χ2v) is 5.93. The van der Waals surface area contributed by atoms with Crippen LogP contribution in [0.25, 0.3) is 0 Å². The van der Waals surface area contributed by atoms with Crippen molar-refractivity contribution in [1.82, 2.24) is 15.3 Å². The summed E-state index contributed by atoms with van der Waals surface area (Å²) in [6.45, 7) is 3.03. The van der Waals surface area contributed by atoms with Crippen molar-refractivity contribution in [3.05, 3.63) is 30.1 Å². The Kier molecular flexibility index (Phi) is 5.26. The molecule has 3 rings (SSSR count). The smallest absolute Gasteiger partial charge is 0.319 e. The van der Waals surface area contributed by atoms with Crippen molar-refractivity contribution in [2.24, 2.45) is 0 Å². The van der Waals surface area contributed by atoms with Gasteiger partial charge in [0.15, 0.2) is 11.5 Å². The summed E-state index contributed by atoms with van der Waals surface area (Å²) in [5.41, 5.74) is 0.641. The number of urea groups is 1. The number of rotatable bonds is 6. The first-order valence-corrected chi connectivity index (χ1v) is 8.22. The van der Waals surface area contributed by atoms with Crippen molar-refractivity contribution >= 4 is 23.4 Å². The molecule has 0 atom stereocenters. The fourth-order valence-corrected chi connectivity index (χ4v) is 2.39. The maximum absolute atomic E-state index is 12.0. The molecule has 0 saturated carbocycles. The lowest BCUT2D eigenvalue weighted by Crippen LogP contribution is -2.32. The summed E-state index contributed by atoms with van der Waals surface area (Å²) >= 11 is 0. The number of amides is 2. The fraction of sp³-hybridized carbons (Fsp3) is 0.353. The van der Waals surface area contributed by atoms with Gasteiger partial charge in [-0.1, -0.05) is 0 Å². The summed E-state index contributed by atoms with van der Waals surface area (Å²) in [6.07, 6.45) is 0. The number of nitrogens with zero attached hydrogens (tertiary/aromatic N) is 3. The summed E-state index contributed by atoms with van der Waals surface area (Å²) in [6, 6.07) is 6.82. The zero-order valence-corrected chi connectivity index (χ0v) is 15.0. The highest BCUT2D eigenvalue weighted by molar-refractivity contribution is 5.89. The van der Waals surface area contributed by atoms with E-state index in [0.29, 0.717) is 36.1 Å². The largest absolute Gasteiger partial charge is 0.454 e. The van der Waals surface area contributed by atoms with Gasteiger partial charge in [0.2, 0.25) is 6.79 Å². The van der Waals surface area contributed by atoms with Crippen LogP contribution in [-0.4, -0.2) is 50.0 Å². The van der Waals surface area contributed by atoms with Crippen LogP contribution in [0.2, 0.25) is 0 Å². The Morgan fingerprint density at radius 1 is 1.15 bits per heavy atom. The molecule has 2 amide bonds. The van der Waals surface area contributed by atoms with Gasteiger partial charge in [0.05, 0.1) is 0 Å². The lowest BCUT2D eigenvalue weighted by Gasteiger charge is -2.14.